The number of nitrogens with one attached hydrogen (secondary N) is 1. The molecule has 0 unspecified atom stereocenters. The number of hydrogen-bond acceptors (Lipinski definition) is 5. The second-order valence-electron chi connectivity index (χ2n) is 6.19. The molecule has 27 heavy (non-hydrogen) atoms. The molecule has 0 spiro atoms. The predicted molar refractivity (Wildman–Crippen MR) is 107 cm³/mol. The van der Waals surface area contributed by atoms with Gasteiger partial charge in [0, 0.05) is 7.05 Å². The van der Waals surface area contributed by atoms with Crippen LogP contribution in [0.3, 0.4) is 0 Å². The van der Waals surface area contributed by atoms with E-state index in [1.807, 2.05) is 74.0 Å². The molecule has 1 N–H and O–H groups in total. The summed E-state index contributed by atoms with van der Waals surface area (Å²) in [5.41, 5.74) is 2.59. The van der Waals surface area contributed by atoms with Gasteiger partial charge >= 0.3 is 0 Å². The van der Waals surface area contributed by atoms with E-state index in [9.17, 15) is 4.79 Å². The number of ether oxygens (including phenoxy) is 1. The van der Waals surface area contributed by atoms with Crippen molar-refractivity contribution in [3.05, 3.63) is 65.5 Å². The zero-order valence-electron chi connectivity index (χ0n) is 15.8. The van der Waals surface area contributed by atoms with Crippen LogP contribution >= 0.6 is 11.8 Å². The molecule has 7 heteroatoms. The molecule has 0 saturated heterocycles. The Morgan fingerprint density at radius 1 is 1.15 bits per heavy atom. The minimum atomic E-state index is -0.473. The highest BCUT2D eigenvalue weighted by atomic mass is 32.2. The Morgan fingerprint density at radius 2 is 1.89 bits per heavy atom. The highest BCUT2D eigenvalue weighted by molar-refractivity contribution is 8.00. The Labute approximate surface area is 163 Å². The Kier molecular flexibility index (Phi) is 5.81. The molecule has 6 nitrogen and oxygen atoms in total. The number of amides is 1. The third-order valence-corrected chi connectivity index (χ3v) is 5.52. The second-order valence-corrected chi connectivity index (χ2v) is 7.26. The van der Waals surface area contributed by atoms with Crippen molar-refractivity contribution >= 4 is 23.4 Å². The molecule has 0 saturated carbocycles. The topological polar surface area (TPSA) is 69.0 Å². The maximum Gasteiger partial charge on any atom is 0.242 e. The zero-order valence-corrected chi connectivity index (χ0v) is 16.6. The lowest BCUT2D eigenvalue weighted by molar-refractivity contribution is -0.115. The van der Waals surface area contributed by atoms with Gasteiger partial charge in [-0.15, -0.1) is 10.2 Å². The van der Waals surface area contributed by atoms with Gasteiger partial charge in [0.2, 0.25) is 5.91 Å². The minimum Gasteiger partial charge on any atom is -0.495 e. The summed E-state index contributed by atoms with van der Waals surface area (Å²) in [5.74, 6) is 1.28. The molecule has 0 radical (unpaired) electrons. The maximum absolute atomic E-state index is 13.2. The number of anilines is 1. The summed E-state index contributed by atoms with van der Waals surface area (Å²) >= 11 is 1.37. The summed E-state index contributed by atoms with van der Waals surface area (Å²) in [6.07, 6.45) is 0. The van der Waals surface area contributed by atoms with Crippen molar-refractivity contribution in [1.82, 2.24) is 14.8 Å². The van der Waals surface area contributed by atoms with Gasteiger partial charge in [-0.05, 0) is 37.1 Å². The normalized spacial score (nSPS) is 11.9. The van der Waals surface area contributed by atoms with Crippen LogP contribution in [0.25, 0.3) is 0 Å². The minimum absolute atomic E-state index is 0.143. The standard InChI is InChI=1S/C20H22N4O2S/c1-13-10-11-17(26-4)16(12-13)21-19(25)18(15-8-6-5-7-9-15)27-20-23-22-14(2)24(20)3/h5-12,18H,1-4H3,(H,21,25)/t18-/m0/s1. The van der Waals surface area contributed by atoms with Gasteiger partial charge in [0.25, 0.3) is 0 Å². The summed E-state index contributed by atoms with van der Waals surface area (Å²) in [7, 11) is 3.48. The lowest BCUT2D eigenvalue weighted by Crippen LogP contribution is -2.20. The van der Waals surface area contributed by atoms with E-state index in [2.05, 4.69) is 15.5 Å². The van der Waals surface area contributed by atoms with Crippen LogP contribution in [0.15, 0.2) is 53.7 Å². The number of carbonyl (C=O) groups excluding carboxylic acids is 1. The average molecular weight is 382 g/mol. The smallest absolute Gasteiger partial charge is 0.242 e. The van der Waals surface area contributed by atoms with Crippen molar-refractivity contribution in [3.8, 4) is 5.75 Å². The monoisotopic (exact) mass is 382 g/mol. The van der Waals surface area contributed by atoms with Gasteiger partial charge in [-0.2, -0.15) is 0 Å². The molecule has 1 heterocycles. The molecule has 3 aromatic rings. The van der Waals surface area contributed by atoms with E-state index in [0.717, 1.165) is 17.0 Å². The summed E-state index contributed by atoms with van der Waals surface area (Å²) in [6.45, 7) is 3.85. The second kappa shape index (κ2) is 8.26. The number of benzene rings is 2. The van der Waals surface area contributed by atoms with Crippen LogP contribution in [0.1, 0.15) is 22.2 Å². The number of hydrogen-bond donors (Lipinski definition) is 1. The molecule has 3 rings (SSSR count). The molecule has 0 aliphatic heterocycles. The molecular weight excluding hydrogens is 360 g/mol. The van der Waals surface area contributed by atoms with Gasteiger partial charge in [-0.3, -0.25) is 4.79 Å². The summed E-state index contributed by atoms with van der Waals surface area (Å²) in [4.78, 5) is 13.2. The first-order valence-corrected chi connectivity index (χ1v) is 9.40. The van der Waals surface area contributed by atoms with E-state index in [1.54, 1.807) is 7.11 Å². The van der Waals surface area contributed by atoms with Gasteiger partial charge in [-0.25, -0.2) is 0 Å². The van der Waals surface area contributed by atoms with E-state index in [0.29, 0.717) is 16.6 Å². The van der Waals surface area contributed by atoms with Crippen LogP contribution in [0.2, 0.25) is 0 Å². The van der Waals surface area contributed by atoms with Crippen LogP contribution in [0.5, 0.6) is 5.75 Å². The van der Waals surface area contributed by atoms with Gasteiger partial charge in [0.15, 0.2) is 5.16 Å². The lowest BCUT2D eigenvalue weighted by Gasteiger charge is -2.18. The fraction of sp³-hybridized carbons (Fsp3) is 0.250. The van der Waals surface area contributed by atoms with Gasteiger partial charge in [0.1, 0.15) is 16.8 Å². The van der Waals surface area contributed by atoms with E-state index in [-0.39, 0.29) is 5.91 Å². The quantitative estimate of drug-likeness (QED) is 0.655. The molecule has 1 atom stereocenters. The molecule has 140 valence electrons. The Hall–Kier alpha value is -2.80. The Morgan fingerprint density at radius 3 is 2.52 bits per heavy atom. The first kappa shape index (κ1) is 19.0. The van der Waals surface area contributed by atoms with Crippen molar-refractivity contribution < 1.29 is 9.53 Å². The predicted octanol–water partition coefficient (Wildman–Crippen LogP) is 3.91. The number of aromatic nitrogens is 3. The highest BCUT2D eigenvalue weighted by Gasteiger charge is 2.25. The number of nitrogens with zero attached hydrogens (tertiary/aromatic N) is 3. The first-order chi connectivity index (χ1) is 13.0. The third kappa shape index (κ3) is 4.31. The molecular formula is C20H22N4O2S. The van der Waals surface area contributed by atoms with E-state index < -0.39 is 5.25 Å². The number of carbonyl (C=O) groups is 1. The number of methoxy groups -OCH3 is 1. The first-order valence-electron chi connectivity index (χ1n) is 8.52. The number of rotatable bonds is 6. The van der Waals surface area contributed by atoms with E-state index in [4.69, 9.17) is 4.74 Å². The van der Waals surface area contributed by atoms with Crippen molar-refractivity contribution in [1.29, 1.82) is 0 Å². The van der Waals surface area contributed by atoms with Crippen LogP contribution in [0, 0.1) is 13.8 Å². The van der Waals surface area contributed by atoms with Crippen molar-refractivity contribution in [3.63, 3.8) is 0 Å². The molecule has 1 aromatic heterocycles. The largest absolute Gasteiger partial charge is 0.495 e. The van der Waals surface area contributed by atoms with Crippen molar-refractivity contribution in [2.45, 2.75) is 24.3 Å². The Balaban J connectivity index is 1.92. The van der Waals surface area contributed by atoms with Gasteiger partial charge in [0.05, 0.1) is 12.8 Å². The average Bonchev–Trinajstić information content (AvgIpc) is 2.99. The number of aryl methyl sites for hydroxylation is 2. The molecule has 2 aromatic carbocycles. The fourth-order valence-corrected chi connectivity index (χ4v) is 3.66. The SMILES string of the molecule is COc1ccc(C)cc1NC(=O)[C@@H](Sc1nnc(C)n1C)c1ccccc1. The van der Waals surface area contributed by atoms with Crippen LogP contribution in [0.4, 0.5) is 5.69 Å². The van der Waals surface area contributed by atoms with Crippen molar-refractivity contribution in [2.24, 2.45) is 7.05 Å². The summed E-state index contributed by atoms with van der Waals surface area (Å²) < 4.78 is 7.26. The van der Waals surface area contributed by atoms with E-state index >= 15 is 0 Å². The lowest BCUT2D eigenvalue weighted by atomic mass is 10.1. The zero-order chi connectivity index (χ0) is 19.4. The van der Waals surface area contributed by atoms with Crippen LogP contribution in [-0.4, -0.2) is 27.8 Å². The van der Waals surface area contributed by atoms with Crippen LogP contribution < -0.4 is 10.1 Å². The Bertz CT molecular complexity index is 940. The third-order valence-electron chi connectivity index (χ3n) is 4.23. The molecule has 0 bridgehead atoms. The van der Waals surface area contributed by atoms with Gasteiger partial charge < -0.3 is 14.6 Å². The molecule has 0 fully saturated rings. The molecule has 1 amide bonds. The highest BCUT2D eigenvalue weighted by Crippen LogP contribution is 2.36. The maximum atomic E-state index is 13.2. The van der Waals surface area contributed by atoms with Crippen molar-refractivity contribution in [2.75, 3.05) is 12.4 Å². The van der Waals surface area contributed by atoms with Gasteiger partial charge in [-0.1, -0.05) is 48.2 Å². The molecule has 0 aliphatic carbocycles. The number of thioether (sulfide) groups is 1. The summed E-state index contributed by atoms with van der Waals surface area (Å²) in [6, 6.07) is 15.3. The molecule has 0 aliphatic rings. The summed E-state index contributed by atoms with van der Waals surface area (Å²) in [5, 5.41) is 11.5. The van der Waals surface area contributed by atoms with E-state index in [1.165, 1.54) is 11.8 Å². The fourth-order valence-electron chi connectivity index (χ4n) is 2.61. The van der Waals surface area contributed by atoms with Crippen LogP contribution in [-0.2, 0) is 11.8 Å².